The molecule has 0 atom stereocenters. The van der Waals surface area contributed by atoms with Gasteiger partial charge in [-0.05, 0) is 70.5 Å². The van der Waals surface area contributed by atoms with Crippen molar-refractivity contribution in [3.05, 3.63) is 56.4 Å². The maximum atomic E-state index is 3.57. The lowest BCUT2D eigenvalue weighted by Crippen LogP contribution is -2.33. The van der Waals surface area contributed by atoms with Crippen LogP contribution in [0.15, 0.2) is 34.8 Å². The van der Waals surface area contributed by atoms with E-state index in [0.29, 0.717) is 0 Å². The van der Waals surface area contributed by atoms with Gasteiger partial charge in [0.15, 0.2) is 0 Å². The first kappa shape index (κ1) is 11.5. The Kier molecular flexibility index (Phi) is 2.63. The normalized spacial score (nSPS) is 15.6. The fourth-order valence-electron chi connectivity index (χ4n) is 3.34. The molecule has 0 N–H and O–H groups in total. The molecule has 2 aliphatic carbocycles. The van der Waals surface area contributed by atoms with Gasteiger partial charge in [-0.3, -0.25) is 0 Å². The Balaban J connectivity index is 2.05. The second kappa shape index (κ2) is 4.35. The number of benzene rings is 2. The minimum Gasteiger partial charge on any atom is -0.0764 e. The average Bonchev–Trinajstić information content (AvgIpc) is 2.46. The third kappa shape index (κ3) is 1.80. The zero-order chi connectivity index (χ0) is 12.8. The van der Waals surface area contributed by atoms with E-state index >= 15 is 0 Å². The summed E-state index contributed by atoms with van der Waals surface area (Å²) in [5, 5.41) is 2.96. The molecule has 0 bridgehead atoms. The summed E-state index contributed by atoms with van der Waals surface area (Å²) in [6.07, 6.45) is 9.65. The zero-order valence-corrected chi connectivity index (χ0v) is 12.3. The standard InChI is InChI=1S/C18H15Br/c19-14-7-10-16-13(11-14)6-9-17-15-4-2-1-3-12(15)5-8-18(16)17/h4-5,7-11H,1-3,6H2. The topological polar surface area (TPSA) is 0 Å². The van der Waals surface area contributed by atoms with Crippen molar-refractivity contribution in [2.45, 2.75) is 25.7 Å². The van der Waals surface area contributed by atoms with Crippen molar-refractivity contribution in [2.75, 3.05) is 0 Å². The van der Waals surface area contributed by atoms with Gasteiger partial charge in [0.25, 0.3) is 0 Å². The maximum Gasteiger partial charge on any atom is 0.0178 e. The molecule has 1 heteroatoms. The molecule has 4 rings (SSSR count). The van der Waals surface area contributed by atoms with Crippen molar-refractivity contribution in [1.29, 1.82) is 0 Å². The molecule has 0 spiro atoms. The predicted octanol–water partition coefficient (Wildman–Crippen LogP) is 3.57. The van der Waals surface area contributed by atoms with Crippen molar-refractivity contribution in [3.8, 4) is 11.1 Å². The van der Waals surface area contributed by atoms with Crippen LogP contribution in [0.5, 0.6) is 0 Å². The van der Waals surface area contributed by atoms with Gasteiger partial charge in [0.2, 0.25) is 0 Å². The van der Waals surface area contributed by atoms with Crippen molar-refractivity contribution in [2.24, 2.45) is 0 Å². The predicted molar refractivity (Wildman–Crippen MR) is 84.4 cm³/mol. The lowest BCUT2D eigenvalue weighted by molar-refractivity contribution is 0.834. The van der Waals surface area contributed by atoms with Crippen LogP contribution in [0.3, 0.4) is 0 Å². The van der Waals surface area contributed by atoms with Gasteiger partial charge < -0.3 is 0 Å². The van der Waals surface area contributed by atoms with E-state index < -0.39 is 0 Å². The van der Waals surface area contributed by atoms with Crippen LogP contribution in [0.4, 0.5) is 0 Å². The van der Waals surface area contributed by atoms with Gasteiger partial charge in [-0.1, -0.05) is 46.3 Å². The van der Waals surface area contributed by atoms with Gasteiger partial charge in [0.1, 0.15) is 0 Å². The van der Waals surface area contributed by atoms with Crippen LogP contribution >= 0.6 is 15.9 Å². The Morgan fingerprint density at radius 3 is 2.68 bits per heavy atom. The van der Waals surface area contributed by atoms with Crippen molar-refractivity contribution in [3.63, 3.8) is 0 Å². The van der Waals surface area contributed by atoms with E-state index in [1.165, 1.54) is 56.4 Å². The summed E-state index contributed by atoms with van der Waals surface area (Å²) in [7, 11) is 0. The first-order chi connectivity index (χ1) is 9.33. The first-order valence-corrected chi connectivity index (χ1v) is 7.73. The molecular formula is C18H15Br. The summed E-state index contributed by atoms with van der Waals surface area (Å²) in [6, 6.07) is 11.3. The van der Waals surface area contributed by atoms with E-state index in [2.05, 4.69) is 58.4 Å². The molecule has 2 aromatic carbocycles. The van der Waals surface area contributed by atoms with Crippen LogP contribution in [0.1, 0.15) is 24.0 Å². The summed E-state index contributed by atoms with van der Waals surface area (Å²) >= 11 is 3.57. The van der Waals surface area contributed by atoms with Crippen molar-refractivity contribution < 1.29 is 0 Å². The van der Waals surface area contributed by atoms with Crippen LogP contribution in [0.25, 0.3) is 23.3 Å². The van der Waals surface area contributed by atoms with Gasteiger partial charge in [0, 0.05) is 4.47 Å². The molecule has 0 nitrogen and oxygen atoms in total. The Labute approximate surface area is 121 Å². The molecule has 2 aromatic rings. The lowest BCUT2D eigenvalue weighted by Gasteiger charge is -2.18. The smallest absolute Gasteiger partial charge is 0.0178 e. The van der Waals surface area contributed by atoms with Gasteiger partial charge in [-0.15, -0.1) is 0 Å². The second-order valence-electron chi connectivity index (χ2n) is 5.41. The van der Waals surface area contributed by atoms with Crippen LogP contribution in [-0.2, 0) is 12.8 Å². The third-order valence-electron chi connectivity index (χ3n) is 4.26. The fraction of sp³-hybridized carbons (Fsp3) is 0.222. The quantitative estimate of drug-likeness (QED) is 0.698. The Hall–Kier alpha value is -1.34. The molecule has 94 valence electrons. The SMILES string of the molecule is Brc1ccc2c(c1)CC=c1c-2ccc2c1=CCCC2. The van der Waals surface area contributed by atoms with E-state index in [4.69, 9.17) is 0 Å². The van der Waals surface area contributed by atoms with E-state index in [0.717, 1.165) is 6.42 Å². The fourth-order valence-corrected chi connectivity index (χ4v) is 3.75. The highest BCUT2D eigenvalue weighted by atomic mass is 79.9. The molecule has 0 saturated carbocycles. The molecule has 0 fully saturated rings. The second-order valence-corrected chi connectivity index (χ2v) is 6.32. The average molecular weight is 311 g/mol. The summed E-state index contributed by atoms with van der Waals surface area (Å²) in [4.78, 5) is 0. The van der Waals surface area contributed by atoms with Crippen molar-refractivity contribution >= 4 is 28.1 Å². The zero-order valence-electron chi connectivity index (χ0n) is 10.7. The van der Waals surface area contributed by atoms with Crippen LogP contribution in [-0.4, -0.2) is 0 Å². The molecule has 0 aromatic heterocycles. The highest BCUT2D eigenvalue weighted by molar-refractivity contribution is 9.10. The Morgan fingerprint density at radius 1 is 0.842 bits per heavy atom. The summed E-state index contributed by atoms with van der Waals surface area (Å²) in [5.41, 5.74) is 5.77. The molecule has 19 heavy (non-hydrogen) atoms. The number of halogens is 1. The van der Waals surface area contributed by atoms with Crippen LogP contribution in [0.2, 0.25) is 0 Å². The van der Waals surface area contributed by atoms with Gasteiger partial charge in [-0.2, -0.15) is 0 Å². The van der Waals surface area contributed by atoms with E-state index in [1.54, 1.807) is 0 Å². The monoisotopic (exact) mass is 310 g/mol. The molecule has 0 radical (unpaired) electrons. The summed E-state index contributed by atoms with van der Waals surface area (Å²) < 4.78 is 1.17. The third-order valence-corrected chi connectivity index (χ3v) is 4.75. The first-order valence-electron chi connectivity index (χ1n) is 6.94. The van der Waals surface area contributed by atoms with E-state index in [-0.39, 0.29) is 0 Å². The summed E-state index contributed by atoms with van der Waals surface area (Å²) in [5.74, 6) is 0. The largest absolute Gasteiger partial charge is 0.0764 e. The number of hydrogen-bond donors (Lipinski definition) is 0. The molecule has 0 amide bonds. The Bertz CT molecular complexity index is 784. The van der Waals surface area contributed by atoms with Crippen LogP contribution in [0, 0.1) is 0 Å². The number of hydrogen-bond acceptors (Lipinski definition) is 0. The number of fused-ring (bicyclic) bond motifs is 5. The van der Waals surface area contributed by atoms with Gasteiger partial charge in [-0.25, -0.2) is 0 Å². The minimum atomic E-state index is 1.05. The molecule has 0 heterocycles. The van der Waals surface area contributed by atoms with Crippen LogP contribution < -0.4 is 10.4 Å². The van der Waals surface area contributed by atoms with E-state index in [9.17, 15) is 0 Å². The van der Waals surface area contributed by atoms with Gasteiger partial charge in [0.05, 0.1) is 0 Å². The minimum absolute atomic E-state index is 1.05. The maximum absolute atomic E-state index is 3.57. The molecule has 0 unspecified atom stereocenters. The molecule has 0 saturated heterocycles. The molecular weight excluding hydrogens is 296 g/mol. The highest BCUT2D eigenvalue weighted by Gasteiger charge is 2.14. The number of rotatable bonds is 0. The molecule has 2 aliphatic rings. The van der Waals surface area contributed by atoms with Crippen molar-refractivity contribution in [1.82, 2.24) is 0 Å². The van der Waals surface area contributed by atoms with E-state index in [1.807, 2.05) is 0 Å². The number of aryl methyl sites for hydroxylation is 1. The Morgan fingerprint density at radius 2 is 1.74 bits per heavy atom. The molecule has 0 aliphatic heterocycles. The lowest BCUT2D eigenvalue weighted by atomic mass is 9.87. The summed E-state index contributed by atoms with van der Waals surface area (Å²) in [6.45, 7) is 0. The highest BCUT2D eigenvalue weighted by Crippen LogP contribution is 2.27. The van der Waals surface area contributed by atoms with Gasteiger partial charge >= 0.3 is 0 Å².